The van der Waals surface area contributed by atoms with Crippen molar-refractivity contribution in [1.29, 1.82) is 0 Å². The van der Waals surface area contributed by atoms with Gasteiger partial charge in [-0.15, -0.1) is 17.9 Å². The molecule has 0 radical (unpaired) electrons. The Morgan fingerprint density at radius 3 is 3.00 bits per heavy atom. The third-order valence-corrected chi connectivity index (χ3v) is 4.28. The summed E-state index contributed by atoms with van der Waals surface area (Å²) in [5.74, 6) is 0. The molecule has 5 heteroatoms. The zero-order valence-corrected chi connectivity index (χ0v) is 11.6. The Hall–Kier alpha value is -2.01. The molecule has 0 aliphatic carbocycles. The van der Waals surface area contributed by atoms with Gasteiger partial charge in [0.2, 0.25) is 0 Å². The number of thiophene rings is 1. The lowest BCUT2D eigenvalue weighted by Gasteiger charge is -2.00. The van der Waals surface area contributed by atoms with Gasteiger partial charge in [-0.1, -0.05) is 6.08 Å². The average molecular weight is 271 g/mol. The molecule has 96 valence electrons. The van der Waals surface area contributed by atoms with Crippen LogP contribution < -0.4 is 5.56 Å². The van der Waals surface area contributed by atoms with Gasteiger partial charge in [0.1, 0.15) is 9.53 Å². The first-order valence-corrected chi connectivity index (χ1v) is 6.80. The van der Waals surface area contributed by atoms with Gasteiger partial charge < -0.3 is 0 Å². The van der Waals surface area contributed by atoms with Crippen molar-refractivity contribution in [1.82, 2.24) is 14.5 Å². The number of pyridine rings is 1. The van der Waals surface area contributed by atoms with Crippen molar-refractivity contribution in [3.8, 4) is 0 Å². The summed E-state index contributed by atoms with van der Waals surface area (Å²) in [7, 11) is 0. The molecule has 0 N–H and O–H groups in total. The van der Waals surface area contributed by atoms with Crippen LogP contribution in [0.4, 0.5) is 0 Å². The molecule has 4 nitrogen and oxygen atoms in total. The van der Waals surface area contributed by atoms with E-state index in [0.29, 0.717) is 11.2 Å². The van der Waals surface area contributed by atoms with E-state index < -0.39 is 0 Å². The molecule has 0 fully saturated rings. The first kappa shape index (κ1) is 12.0. The summed E-state index contributed by atoms with van der Waals surface area (Å²) < 4.78 is 2.22. The van der Waals surface area contributed by atoms with Gasteiger partial charge in [0.25, 0.3) is 5.56 Å². The van der Waals surface area contributed by atoms with Crippen LogP contribution in [0.15, 0.2) is 29.8 Å². The predicted molar refractivity (Wildman–Crippen MR) is 78.9 cm³/mol. The Morgan fingerprint density at radius 1 is 1.47 bits per heavy atom. The molecule has 3 heterocycles. The fourth-order valence-electron chi connectivity index (χ4n) is 2.05. The Labute approximate surface area is 114 Å². The van der Waals surface area contributed by atoms with Crippen LogP contribution in [0, 0.1) is 13.8 Å². The Morgan fingerprint density at radius 2 is 2.26 bits per heavy atom. The lowest BCUT2D eigenvalue weighted by molar-refractivity contribution is 0.770. The molecule has 0 amide bonds. The second kappa shape index (κ2) is 4.28. The van der Waals surface area contributed by atoms with Gasteiger partial charge in [-0.05, 0) is 25.5 Å². The Balaban J connectivity index is 2.43. The van der Waals surface area contributed by atoms with Gasteiger partial charge >= 0.3 is 0 Å². The van der Waals surface area contributed by atoms with Crippen molar-refractivity contribution >= 4 is 31.8 Å². The van der Waals surface area contributed by atoms with Crippen LogP contribution in [0.3, 0.4) is 0 Å². The minimum Gasteiger partial charge on any atom is -0.294 e. The number of hydrogen-bond donors (Lipinski definition) is 0. The van der Waals surface area contributed by atoms with Gasteiger partial charge in [0.15, 0.2) is 0 Å². The highest BCUT2D eigenvalue weighted by molar-refractivity contribution is 7.25. The summed E-state index contributed by atoms with van der Waals surface area (Å²) in [6.07, 6.45) is 3.27. The molecule has 0 saturated carbocycles. The molecule has 0 spiro atoms. The van der Waals surface area contributed by atoms with Gasteiger partial charge in [0, 0.05) is 17.6 Å². The molecule has 3 aromatic rings. The molecule has 0 aliphatic heterocycles. The first-order chi connectivity index (χ1) is 9.11. The minimum atomic E-state index is -0.0248. The Bertz CT molecular complexity index is 860. The second-order valence-corrected chi connectivity index (χ2v) is 5.51. The SMILES string of the molecule is C=CCn1cnc2c(sc3nc(C)c(C)cc32)c1=O. The number of hydrogen-bond acceptors (Lipinski definition) is 4. The maximum atomic E-state index is 12.3. The molecule has 0 aromatic carbocycles. The molecular weight excluding hydrogens is 258 g/mol. The number of aromatic nitrogens is 3. The van der Waals surface area contributed by atoms with Gasteiger partial charge in [0.05, 0.1) is 11.8 Å². The third-order valence-electron chi connectivity index (χ3n) is 3.21. The van der Waals surface area contributed by atoms with Crippen molar-refractivity contribution in [3.63, 3.8) is 0 Å². The lowest BCUT2D eigenvalue weighted by atomic mass is 10.2. The minimum absolute atomic E-state index is 0.0248. The van der Waals surface area contributed by atoms with E-state index in [2.05, 4.69) is 22.6 Å². The largest absolute Gasteiger partial charge is 0.294 e. The fraction of sp³-hybridized carbons (Fsp3) is 0.214. The molecular formula is C14H13N3OS. The van der Waals surface area contributed by atoms with E-state index >= 15 is 0 Å². The van der Waals surface area contributed by atoms with E-state index in [1.807, 2.05) is 13.8 Å². The van der Waals surface area contributed by atoms with Crippen LogP contribution in [0.25, 0.3) is 20.4 Å². The zero-order valence-electron chi connectivity index (χ0n) is 10.8. The lowest BCUT2D eigenvalue weighted by Crippen LogP contribution is -2.18. The molecule has 19 heavy (non-hydrogen) atoms. The summed E-state index contributed by atoms with van der Waals surface area (Å²) >= 11 is 1.41. The molecule has 0 saturated heterocycles. The summed E-state index contributed by atoms with van der Waals surface area (Å²) in [5, 5.41) is 0.964. The molecule has 0 atom stereocenters. The van der Waals surface area contributed by atoms with Crippen molar-refractivity contribution in [2.24, 2.45) is 0 Å². The van der Waals surface area contributed by atoms with Crippen LogP contribution in [0.1, 0.15) is 11.3 Å². The van der Waals surface area contributed by atoms with E-state index in [0.717, 1.165) is 27.0 Å². The van der Waals surface area contributed by atoms with E-state index in [1.54, 1.807) is 17.0 Å². The van der Waals surface area contributed by atoms with E-state index in [4.69, 9.17) is 0 Å². The maximum Gasteiger partial charge on any atom is 0.271 e. The number of fused-ring (bicyclic) bond motifs is 3. The van der Waals surface area contributed by atoms with Gasteiger partial charge in [-0.2, -0.15) is 0 Å². The number of rotatable bonds is 2. The number of nitrogens with zero attached hydrogens (tertiary/aromatic N) is 3. The van der Waals surface area contributed by atoms with Crippen molar-refractivity contribution in [3.05, 3.63) is 46.7 Å². The normalized spacial score (nSPS) is 11.3. The highest BCUT2D eigenvalue weighted by Gasteiger charge is 2.13. The molecule has 0 bridgehead atoms. The Kier molecular flexibility index (Phi) is 2.71. The van der Waals surface area contributed by atoms with Crippen molar-refractivity contribution in [2.45, 2.75) is 20.4 Å². The van der Waals surface area contributed by atoms with Gasteiger partial charge in [-0.25, -0.2) is 9.97 Å². The van der Waals surface area contributed by atoms with E-state index in [1.165, 1.54) is 11.3 Å². The monoisotopic (exact) mass is 271 g/mol. The van der Waals surface area contributed by atoms with Crippen LogP contribution in [0.5, 0.6) is 0 Å². The third kappa shape index (κ3) is 1.77. The topological polar surface area (TPSA) is 47.8 Å². The summed E-state index contributed by atoms with van der Waals surface area (Å²) in [5.41, 5.74) is 2.83. The molecule has 3 rings (SSSR count). The van der Waals surface area contributed by atoms with Crippen LogP contribution in [0.2, 0.25) is 0 Å². The first-order valence-electron chi connectivity index (χ1n) is 5.98. The highest BCUT2D eigenvalue weighted by Crippen LogP contribution is 2.30. The van der Waals surface area contributed by atoms with Crippen molar-refractivity contribution in [2.75, 3.05) is 0 Å². The molecule has 3 aromatic heterocycles. The van der Waals surface area contributed by atoms with Crippen LogP contribution >= 0.6 is 11.3 Å². The quantitative estimate of drug-likeness (QED) is 0.673. The van der Waals surface area contributed by atoms with E-state index in [-0.39, 0.29) is 5.56 Å². The van der Waals surface area contributed by atoms with Crippen molar-refractivity contribution < 1.29 is 0 Å². The van der Waals surface area contributed by atoms with Crippen LogP contribution in [-0.4, -0.2) is 14.5 Å². The standard InChI is InChI=1S/C14H13N3OS/c1-4-5-17-7-15-11-10-6-8(2)9(3)16-13(10)19-12(11)14(17)18/h4,6-7H,1,5H2,2-3H3. The van der Waals surface area contributed by atoms with E-state index in [9.17, 15) is 4.79 Å². The molecule has 0 unspecified atom stereocenters. The predicted octanol–water partition coefficient (Wildman–Crippen LogP) is 2.81. The summed E-state index contributed by atoms with van der Waals surface area (Å²) in [6, 6.07) is 2.06. The highest BCUT2D eigenvalue weighted by atomic mass is 32.1. The van der Waals surface area contributed by atoms with Gasteiger partial charge in [-0.3, -0.25) is 9.36 Å². The summed E-state index contributed by atoms with van der Waals surface area (Å²) in [4.78, 5) is 22.1. The maximum absolute atomic E-state index is 12.3. The number of aryl methyl sites for hydroxylation is 2. The number of allylic oxidation sites excluding steroid dienone is 1. The fourth-order valence-corrected chi connectivity index (χ4v) is 3.16. The molecule has 0 aliphatic rings. The smallest absolute Gasteiger partial charge is 0.271 e. The van der Waals surface area contributed by atoms with Crippen LogP contribution in [-0.2, 0) is 6.54 Å². The second-order valence-electron chi connectivity index (χ2n) is 4.51. The average Bonchev–Trinajstić information content (AvgIpc) is 2.73. The summed E-state index contributed by atoms with van der Waals surface area (Å²) in [6.45, 7) is 8.11. The zero-order chi connectivity index (χ0) is 13.6.